The van der Waals surface area contributed by atoms with Gasteiger partial charge in [-0.3, -0.25) is 4.79 Å². The van der Waals surface area contributed by atoms with Gasteiger partial charge in [-0.2, -0.15) is 0 Å². The van der Waals surface area contributed by atoms with E-state index in [2.05, 4.69) is 6.07 Å². The van der Waals surface area contributed by atoms with Crippen LogP contribution < -0.4 is 9.47 Å². The Kier molecular flexibility index (Phi) is 5.77. The van der Waals surface area contributed by atoms with E-state index in [1.807, 2.05) is 38.1 Å². The van der Waals surface area contributed by atoms with Gasteiger partial charge in [0.15, 0.2) is 5.78 Å². The molecule has 0 unspecified atom stereocenters. The molecule has 0 N–H and O–H groups in total. The molecule has 0 spiro atoms. The summed E-state index contributed by atoms with van der Waals surface area (Å²) in [6.07, 6.45) is 3.15. The molecular weight excluding hydrogens is 340 g/mol. The average Bonchev–Trinajstić information content (AvgIpc) is 3.12. The number of ether oxygens (including phenoxy) is 2. The molecule has 0 amide bonds. The van der Waals surface area contributed by atoms with Gasteiger partial charge in [0.1, 0.15) is 29.6 Å². The summed E-state index contributed by atoms with van der Waals surface area (Å²) in [5, 5.41) is 0. The molecule has 0 aliphatic heterocycles. The van der Waals surface area contributed by atoms with E-state index in [-0.39, 0.29) is 5.78 Å². The van der Waals surface area contributed by atoms with Crippen LogP contribution in [0.2, 0.25) is 0 Å². The smallest absolute Gasteiger partial charge is 0.185 e. The maximum absolute atomic E-state index is 12.2. The van der Waals surface area contributed by atoms with E-state index in [1.54, 1.807) is 37.5 Å². The molecule has 0 fully saturated rings. The van der Waals surface area contributed by atoms with Crippen molar-refractivity contribution in [2.45, 2.75) is 20.5 Å². The van der Waals surface area contributed by atoms with Crippen molar-refractivity contribution in [2.75, 3.05) is 7.11 Å². The highest BCUT2D eigenvalue weighted by Gasteiger charge is 2.05. The number of carbonyl (C=O) groups excluding carboxylic acids is 1. The SMILES string of the molecule is COc1ccc(C(=O)/C=C/c2ccc(COc3cc(C)cc(C)c3)o2)cc1. The maximum atomic E-state index is 12.2. The highest BCUT2D eigenvalue weighted by Crippen LogP contribution is 2.19. The highest BCUT2D eigenvalue weighted by atomic mass is 16.5. The first-order chi connectivity index (χ1) is 13.0. The molecule has 0 saturated carbocycles. The van der Waals surface area contributed by atoms with Crippen molar-refractivity contribution >= 4 is 11.9 Å². The molecule has 1 aromatic heterocycles. The first-order valence-corrected chi connectivity index (χ1v) is 8.70. The minimum atomic E-state index is -0.0953. The first-order valence-electron chi connectivity index (χ1n) is 8.70. The number of furan rings is 1. The van der Waals surface area contributed by atoms with Crippen molar-refractivity contribution in [1.29, 1.82) is 0 Å². The van der Waals surface area contributed by atoms with Crippen LogP contribution in [-0.4, -0.2) is 12.9 Å². The van der Waals surface area contributed by atoms with Gasteiger partial charge in [0, 0.05) is 5.56 Å². The van der Waals surface area contributed by atoms with E-state index in [9.17, 15) is 4.79 Å². The van der Waals surface area contributed by atoms with E-state index < -0.39 is 0 Å². The van der Waals surface area contributed by atoms with Gasteiger partial charge in [-0.1, -0.05) is 6.07 Å². The van der Waals surface area contributed by atoms with Gasteiger partial charge in [-0.15, -0.1) is 0 Å². The molecule has 3 aromatic rings. The zero-order chi connectivity index (χ0) is 19.2. The lowest BCUT2D eigenvalue weighted by Gasteiger charge is -2.06. The molecule has 4 heteroatoms. The summed E-state index contributed by atoms with van der Waals surface area (Å²) in [7, 11) is 1.59. The van der Waals surface area contributed by atoms with Gasteiger partial charge in [0.25, 0.3) is 0 Å². The van der Waals surface area contributed by atoms with Gasteiger partial charge in [0.2, 0.25) is 0 Å². The molecule has 0 aliphatic rings. The van der Waals surface area contributed by atoms with Gasteiger partial charge in [0.05, 0.1) is 7.11 Å². The fourth-order valence-corrected chi connectivity index (χ4v) is 2.74. The number of benzene rings is 2. The lowest BCUT2D eigenvalue weighted by Crippen LogP contribution is -1.94. The predicted molar refractivity (Wildman–Crippen MR) is 105 cm³/mol. The molecule has 0 bridgehead atoms. The second-order valence-electron chi connectivity index (χ2n) is 6.34. The van der Waals surface area contributed by atoms with Crippen molar-refractivity contribution in [3.05, 3.63) is 88.9 Å². The summed E-state index contributed by atoms with van der Waals surface area (Å²) in [6, 6.07) is 16.7. The van der Waals surface area contributed by atoms with E-state index in [4.69, 9.17) is 13.9 Å². The summed E-state index contributed by atoms with van der Waals surface area (Å²) in [5.41, 5.74) is 2.91. The van der Waals surface area contributed by atoms with Crippen LogP contribution in [0.4, 0.5) is 0 Å². The summed E-state index contributed by atoms with van der Waals surface area (Å²) in [5.74, 6) is 2.74. The fourth-order valence-electron chi connectivity index (χ4n) is 2.74. The second-order valence-corrected chi connectivity index (χ2v) is 6.34. The van der Waals surface area contributed by atoms with E-state index in [0.717, 1.165) is 22.6 Å². The lowest BCUT2D eigenvalue weighted by molar-refractivity contribution is 0.104. The fraction of sp³-hybridized carbons (Fsp3) is 0.174. The topological polar surface area (TPSA) is 48.7 Å². The van der Waals surface area contributed by atoms with Crippen LogP contribution in [0.15, 0.2) is 65.1 Å². The Morgan fingerprint density at radius 3 is 2.33 bits per heavy atom. The largest absolute Gasteiger partial charge is 0.497 e. The zero-order valence-electron chi connectivity index (χ0n) is 15.7. The van der Waals surface area contributed by atoms with Crippen molar-refractivity contribution in [2.24, 2.45) is 0 Å². The Hall–Kier alpha value is -3.27. The Morgan fingerprint density at radius 2 is 1.67 bits per heavy atom. The van der Waals surface area contributed by atoms with E-state index in [0.29, 0.717) is 23.7 Å². The van der Waals surface area contributed by atoms with Gasteiger partial charge < -0.3 is 13.9 Å². The van der Waals surface area contributed by atoms with Crippen molar-refractivity contribution in [1.82, 2.24) is 0 Å². The number of allylic oxidation sites excluding steroid dienone is 1. The predicted octanol–water partition coefficient (Wildman–Crippen LogP) is 5.38. The van der Waals surface area contributed by atoms with E-state index in [1.165, 1.54) is 6.08 Å². The molecule has 27 heavy (non-hydrogen) atoms. The maximum Gasteiger partial charge on any atom is 0.185 e. The molecular formula is C23H22O4. The highest BCUT2D eigenvalue weighted by molar-refractivity contribution is 6.06. The molecule has 138 valence electrons. The third-order valence-corrected chi connectivity index (χ3v) is 4.03. The molecule has 4 nitrogen and oxygen atoms in total. The molecule has 3 rings (SSSR count). The monoisotopic (exact) mass is 362 g/mol. The minimum absolute atomic E-state index is 0.0953. The van der Waals surface area contributed by atoms with Crippen LogP contribution in [0.1, 0.15) is 33.0 Å². The van der Waals surface area contributed by atoms with Crippen LogP contribution in [0.5, 0.6) is 11.5 Å². The van der Waals surface area contributed by atoms with E-state index >= 15 is 0 Å². The van der Waals surface area contributed by atoms with Crippen molar-refractivity contribution in [3.63, 3.8) is 0 Å². The number of aryl methyl sites for hydroxylation is 2. The Bertz CT molecular complexity index is 929. The van der Waals surface area contributed by atoms with Gasteiger partial charge >= 0.3 is 0 Å². The van der Waals surface area contributed by atoms with Crippen LogP contribution >= 0.6 is 0 Å². The number of rotatable bonds is 7. The van der Waals surface area contributed by atoms with Crippen LogP contribution in [-0.2, 0) is 6.61 Å². The summed E-state index contributed by atoms with van der Waals surface area (Å²) < 4.78 is 16.6. The number of hydrogen-bond donors (Lipinski definition) is 0. The Labute approximate surface area is 159 Å². The van der Waals surface area contributed by atoms with Crippen molar-refractivity contribution in [3.8, 4) is 11.5 Å². The van der Waals surface area contributed by atoms with Gasteiger partial charge in [-0.25, -0.2) is 0 Å². The van der Waals surface area contributed by atoms with Crippen LogP contribution in [0.25, 0.3) is 6.08 Å². The average molecular weight is 362 g/mol. The Morgan fingerprint density at radius 1 is 0.963 bits per heavy atom. The number of methoxy groups -OCH3 is 1. The third kappa shape index (κ3) is 5.11. The number of ketones is 1. The molecule has 0 radical (unpaired) electrons. The molecule has 0 aliphatic carbocycles. The lowest BCUT2D eigenvalue weighted by atomic mass is 10.1. The van der Waals surface area contributed by atoms with Gasteiger partial charge in [-0.05, 0) is 85.7 Å². The van der Waals surface area contributed by atoms with Crippen molar-refractivity contribution < 1.29 is 18.7 Å². The quantitative estimate of drug-likeness (QED) is 0.418. The minimum Gasteiger partial charge on any atom is -0.497 e. The summed E-state index contributed by atoms with van der Waals surface area (Å²) >= 11 is 0. The first kappa shape index (κ1) is 18.5. The molecule has 0 saturated heterocycles. The van der Waals surface area contributed by atoms with Crippen LogP contribution in [0, 0.1) is 13.8 Å². The zero-order valence-corrected chi connectivity index (χ0v) is 15.7. The third-order valence-electron chi connectivity index (χ3n) is 4.03. The standard InChI is InChI=1S/C23H22O4/c1-16-12-17(2)14-22(13-16)26-15-21-9-8-20(27-21)10-11-23(24)18-4-6-19(25-3)7-5-18/h4-14H,15H2,1-3H3/b11-10+. The molecule has 1 heterocycles. The molecule has 0 atom stereocenters. The Balaban J connectivity index is 1.59. The normalized spacial score (nSPS) is 10.9. The molecule has 2 aromatic carbocycles. The summed E-state index contributed by atoms with van der Waals surface area (Å²) in [6.45, 7) is 4.41. The van der Waals surface area contributed by atoms with Crippen LogP contribution in [0.3, 0.4) is 0 Å². The number of carbonyl (C=O) groups is 1. The number of hydrogen-bond acceptors (Lipinski definition) is 4. The summed E-state index contributed by atoms with van der Waals surface area (Å²) in [4.78, 5) is 12.2. The second kappa shape index (κ2) is 8.41.